The maximum Gasteiger partial charge on any atom is 0.334 e. The van der Waals surface area contributed by atoms with Gasteiger partial charge in [-0.3, -0.25) is 0 Å². The second-order valence-electron chi connectivity index (χ2n) is 3.12. The predicted octanol–water partition coefficient (Wildman–Crippen LogP) is 0.664. The summed E-state index contributed by atoms with van der Waals surface area (Å²) < 4.78 is 4.56. The molecule has 0 aliphatic heterocycles. The van der Waals surface area contributed by atoms with Gasteiger partial charge in [0.25, 0.3) is 0 Å². The van der Waals surface area contributed by atoms with E-state index in [2.05, 4.69) is 9.73 Å². The topological polar surface area (TPSA) is 55.7 Å². The molecule has 0 bridgehead atoms. The Morgan fingerprint density at radius 3 is 2.58 bits per heavy atom. The highest BCUT2D eigenvalue weighted by molar-refractivity contribution is 5.82. The Balaban J connectivity index is 2.84. The molecule has 0 aromatic carbocycles. The van der Waals surface area contributed by atoms with Gasteiger partial charge in [-0.25, -0.2) is 9.59 Å². The zero-order valence-corrected chi connectivity index (χ0v) is 7.16. The highest BCUT2D eigenvalue weighted by Crippen LogP contribution is 2.42. The SMILES string of the molecule is COC(=O)C(C)(N=C=O)C1CC1. The quantitative estimate of drug-likeness (QED) is 0.354. The van der Waals surface area contributed by atoms with Gasteiger partial charge in [0.1, 0.15) is 0 Å². The standard InChI is InChI=1S/C8H11NO3/c1-8(9-5-10,6-3-4-6)7(11)12-2/h6H,3-4H2,1-2H3. The van der Waals surface area contributed by atoms with Gasteiger partial charge in [0.2, 0.25) is 6.08 Å². The van der Waals surface area contributed by atoms with Crippen LogP contribution in [0.1, 0.15) is 19.8 Å². The summed E-state index contributed by atoms with van der Waals surface area (Å²) in [6.45, 7) is 1.61. The number of isocyanates is 1. The monoisotopic (exact) mass is 169 g/mol. The van der Waals surface area contributed by atoms with Crippen molar-refractivity contribution in [2.75, 3.05) is 7.11 Å². The molecule has 0 amide bonds. The Kier molecular flexibility index (Phi) is 2.29. The molecule has 66 valence electrons. The minimum atomic E-state index is -0.990. The van der Waals surface area contributed by atoms with Crippen molar-refractivity contribution in [1.29, 1.82) is 0 Å². The molecule has 1 fully saturated rings. The zero-order chi connectivity index (χ0) is 9.19. The van der Waals surface area contributed by atoms with Crippen molar-refractivity contribution >= 4 is 12.0 Å². The predicted molar refractivity (Wildman–Crippen MR) is 41.3 cm³/mol. The van der Waals surface area contributed by atoms with Gasteiger partial charge in [0, 0.05) is 0 Å². The van der Waals surface area contributed by atoms with Gasteiger partial charge in [-0.15, -0.1) is 0 Å². The van der Waals surface area contributed by atoms with E-state index in [0.29, 0.717) is 0 Å². The summed E-state index contributed by atoms with van der Waals surface area (Å²) in [4.78, 5) is 24.8. The van der Waals surface area contributed by atoms with Crippen LogP contribution in [-0.2, 0) is 14.3 Å². The molecule has 0 heterocycles. The van der Waals surface area contributed by atoms with E-state index in [1.807, 2.05) is 0 Å². The van der Waals surface area contributed by atoms with Crippen molar-refractivity contribution in [3.8, 4) is 0 Å². The zero-order valence-electron chi connectivity index (χ0n) is 7.16. The van der Waals surface area contributed by atoms with Crippen molar-refractivity contribution in [3.05, 3.63) is 0 Å². The van der Waals surface area contributed by atoms with Crippen molar-refractivity contribution in [2.45, 2.75) is 25.3 Å². The van der Waals surface area contributed by atoms with E-state index in [-0.39, 0.29) is 5.92 Å². The molecule has 0 aromatic rings. The van der Waals surface area contributed by atoms with Crippen LogP contribution in [0.4, 0.5) is 0 Å². The normalized spacial score (nSPS) is 20.5. The lowest BCUT2D eigenvalue weighted by atomic mass is 9.97. The molecule has 1 unspecified atom stereocenters. The van der Waals surface area contributed by atoms with E-state index in [0.717, 1.165) is 12.8 Å². The van der Waals surface area contributed by atoms with Crippen molar-refractivity contribution < 1.29 is 14.3 Å². The summed E-state index contributed by atoms with van der Waals surface area (Å²) in [6.07, 6.45) is 3.27. The fourth-order valence-corrected chi connectivity index (χ4v) is 1.25. The summed E-state index contributed by atoms with van der Waals surface area (Å²) in [7, 11) is 1.29. The van der Waals surface area contributed by atoms with Gasteiger partial charge in [-0.2, -0.15) is 4.99 Å². The lowest BCUT2D eigenvalue weighted by Crippen LogP contribution is -2.36. The third-order valence-corrected chi connectivity index (χ3v) is 2.25. The second-order valence-corrected chi connectivity index (χ2v) is 3.12. The van der Waals surface area contributed by atoms with E-state index >= 15 is 0 Å². The molecule has 1 saturated carbocycles. The average molecular weight is 169 g/mol. The van der Waals surface area contributed by atoms with Crippen LogP contribution in [0.3, 0.4) is 0 Å². The molecule has 1 rings (SSSR count). The maximum atomic E-state index is 11.2. The Morgan fingerprint density at radius 2 is 2.25 bits per heavy atom. The minimum Gasteiger partial charge on any atom is -0.467 e. The number of carbonyl (C=O) groups is 1. The Morgan fingerprint density at radius 1 is 1.67 bits per heavy atom. The highest BCUT2D eigenvalue weighted by Gasteiger charge is 2.48. The molecule has 0 spiro atoms. The third-order valence-electron chi connectivity index (χ3n) is 2.25. The van der Waals surface area contributed by atoms with Crippen LogP contribution in [0, 0.1) is 5.92 Å². The molecule has 1 aliphatic carbocycles. The third kappa shape index (κ3) is 1.38. The number of methoxy groups -OCH3 is 1. The number of ether oxygens (including phenoxy) is 1. The number of rotatable bonds is 3. The van der Waals surface area contributed by atoms with Crippen LogP contribution in [0.2, 0.25) is 0 Å². The van der Waals surface area contributed by atoms with Gasteiger partial charge >= 0.3 is 5.97 Å². The first kappa shape index (κ1) is 8.94. The maximum absolute atomic E-state index is 11.2. The number of carbonyl (C=O) groups excluding carboxylic acids is 2. The van der Waals surface area contributed by atoms with E-state index in [9.17, 15) is 9.59 Å². The van der Waals surface area contributed by atoms with E-state index < -0.39 is 11.5 Å². The molecule has 1 aliphatic rings. The van der Waals surface area contributed by atoms with Crippen molar-refractivity contribution in [3.63, 3.8) is 0 Å². The number of hydrogen-bond donors (Lipinski definition) is 0. The minimum absolute atomic E-state index is 0.159. The molecule has 0 radical (unpaired) electrons. The van der Waals surface area contributed by atoms with Gasteiger partial charge < -0.3 is 4.74 Å². The smallest absolute Gasteiger partial charge is 0.334 e. The van der Waals surface area contributed by atoms with Gasteiger partial charge in [0.05, 0.1) is 7.11 Å². The summed E-state index contributed by atoms with van der Waals surface area (Å²) in [5, 5.41) is 0. The molecular formula is C8H11NO3. The lowest BCUT2D eigenvalue weighted by molar-refractivity contribution is -0.147. The number of aliphatic imine (C=N–C) groups is 1. The lowest BCUT2D eigenvalue weighted by Gasteiger charge is -2.18. The molecule has 4 nitrogen and oxygen atoms in total. The van der Waals surface area contributed by atoms with Gasteiger partial charge in [0.15, 0.2) is 5.54 Å². The highest BCUT2D eigenvalue weighted by atomic mass is 16.5. The van der Waals surface area contributed by atoms with Gasteiger partial charge in [-0.1, -0.05) is 0 Å². The summed E-state index contributed by atoms with van der Waals surface area (Å²) in [5.74, 6) is -0.292. The fourth-order valence-electron chi connectivity index (χ4n) is 1.25. The van der Waals surface area contributed by atoms with Gasteiger partial charge in [-0.05, 0) is 25.7 Å². The van der Waals surface area contributed by atoms with Crippen LogP contribution < -0.4 is 0 Å². The molecular weight excluding hydrogens is 158 g/mol. The van der Waals surface area contributed by atoms with E-state index in [4.69, 9.17) is 0 Å². The Hall–Kier alpha value is -1.15. The first-order valence-electron chi connectivity index (χ1n) is 3.82. The Bertz CT molecular complexity index is 241. The average Bonchev–Trinajstić information content (AvgIpc) is 2.85. The molecule has 12 heavy (non-hydrogen) atoms. The largest absolute Gasteiger partial charge is 0.467 e. The first-order chi connectivity index (χ1) is 5.65. The molecule has 0 saturated heterocycles. The summed E-state index contributed by atoms with van der Waals surface area (Å²) in [5.41, 5.74) is -0.990. The Labute approximate surface area is 70.6 Å². The van der Waals surface area contributed by atoms with Crippen LogP contribution in [-0.4, -0.2) is 24.7 Å². The van der Waals surface area contributed by atoms with Crippen molar-refractivity contribution in [1.82, 2.24) is 0 Å². The van der Waals surface area contributed by atoms with Crippen LogP contribution >= 0.6 is 0 Å². The van der Waals surface area contributed by atoms with E-state index in [1.165, 1.54) is 13.2 Å². The number of esters is 1. The molecule has 0 aromatic heterocycles. The molecule has 0 N–H and O–H groups in total. The molecule has 4 heteroatoms. The van der Waals surface area contributed by atoms with Crippen LogP contribution in [0.15, 0.2) is 4.99 Å². The van der Waals surface area contributed by atoms with Crippen molar-refractivity contribution in [2.24, 2.45) is 10.9 Å². The van der Waals surface area contributed by atoms with Crippen LogP contribution in [0.25, 0.3) is 0 Å². The van der Waals surface area contributed by atoms with E-state index in [1.54, 1.807) is 6.92 Å². The van der Waals surface area contributed by atoms with Crippen LogP contribution in [0.5, 0.6) is 0 Å². The second kappa shape index (κ2) is 3.07. The summed E-state index contributed by atoms with van der Waals surface area (Å²) >= 11 is 0. The number of hydrogen-bond acceptors (Lipinski definition) is 4. The first-order valence-corrected chi connectivity index (χ1v) is 3.82. The number of nitrogens with zero attached hydrogens (tertiary/aromatic N) is 1. The molecule has 1 atom stereocenters. The summed E-state index contributed by atoms with van der Waals surface area (Å²) in [6, 6.07) is 0. The fraction of sp³-hybridized carbons (Fsp3) is 0.750.